The van der Waals surface area contributed by atoms with Gasteiger partial charge in [-0.05, 0) is 34.9 Å². The molecular weight excluding hydrogens is 250 g/mol. The minimum absolute atomic E-state index is 0.432. The Morgan fingerprint density at radius 1 is 1.22 bits per heavy atom. The van der Waals surface area contributed by atoms with Crippen LogP contribution in [0, 0.1) is 0 Å². The molecule has 0 spiro atoms. The van der Waals surface area contributed by atoms with Crippen LogP contribution in [-0.2, 0) is 6.42 Å². The van der Waals surface area contributed by atoms with Crippen LogP contribution >= 0.6 is 11.6 Å². The Morgan fingerprint density at radius 3 is 2.94 bits per heavy atom. The monoisotopic (exact) mass is 261 g/mol. The summed E-state index contributed by atoms with van der Waals surface area (Å²) in [7, 11) is 1.58. The highest BCUT2D eigenvalue weighted by Gasteiger charge is 2.13. The van der Waals surface area contributed by atoms with Gasteiger partial charge in [0.25, 0.3) is 0 Å². The van der Waals surface area contributed by atoms with Gasteiger partial charge >= 0.3 is 0 Å². The van der Waals surface area contributed by atoms with Crippen LogP contribution < -0.4 is 9.47 Å². The number of benzene rings is 1. The van der Waals surface area contributed by atoms with Crippen LogP contribution in [0.15, 0.2) is 30.3 Å². The zero-order chi connectivity index (χ0) is 12.5. The number of aromatic nitrogens is 1. The maximum absolute atomic E-state index is 5.98. The lowest BCUT2D eigenvalue weighted by molar-refractivity contribution is 0.357. The van der Waals surface area contributed by atoms with Crippen LogP contribution in [0.5, 0.6) is 11.6 Å². The topological polar surface area (TPSA) is 31.4 Å². The first-order chi connectivity index (χ1) is 8.76. The van der Waals surface area contributed by atoms with E-state index in [1.54, 1.807) is 7.11 Å². The third-order valence-electron chi connectivity index (χ3n) is 3.00. The third-order valence-corrected chi connectivity index (χ3v) is 3.20. The van der Waals surface area contributed by atoms with Gasteiger partial charge in [0, 0.05) is 12.5 Å². The molecule has 0 amide bonds. The number of hydrogen-bond acceptors (Lipinski definition) is 3. The lowest BCUT2D eigenvalue weighted by Crippen LogP contribution is -1.89. The Bertz CT molecular complexity index is 598. The Balaban J connectivity index is 2.06. The van der Waals surface area contributed by atoms with E-state index in [4.69, 9.17) is 21.1 Å². The van der Waals surface area contributed by atoms with Crippen LogP contribution in [-0.4, -0.2) is 18.7 Å². The molecule has 0 unspecified atom stereocenters. The van der Waals surface area contributed by atoms with E-state index in [-0.39, 0.29) is 0 Å². The summed E-state index contributed by atoms with van der Waals surface area (Å²) in [5.74, 6) is 1.50. The highest BCUT2D eigenvalue weighted by Crippen LogP contribution is 2.32. The average molecular weight is 262 g/mol. The Kier molecular flexibility index (Phi) is 2.84. The summed E-state index contributed by atoms with van der Waals surface area (Å²) in [6, 6.07) is 9.87. The molecule has 0 saturated heterocycles. The summed E-state index contributed by atoms with van der Waals surface area (Å²) in [5, 5.41) is 0.432. The Labute approximate surface area is 110 Å². The second-order valence-corrected chi connectivity index (χ2v) is 4.53. The van der Waals surface area contributed by atoms with Crippen molar-refractivity contribution in [3.63, 3.8) is 0 Å². The second kappa shape index (κ2) is 4.50. The molecule has 0 aliphatic carbocycles. The van der Waals surface area contributed by atoms with E-state index in [9.17, 15) is 0 Å². The Morgan fingerprint density at radius 2 is 2.11 bits per heavy atom. The molecule has 92 valence electrons. The first-order valence-corrected chi connectivity index (χ1v) is 6.12. The van der Waals surface area contributed by atoms with E-state index in [0.29, 0.717) is 11.0 Å². The molecular formula is C14H12ClNO2. The van der Waals surface area contributed by atoms with Crippen LogP contribution in [0.4, 0.5) is 0 Å². The standard InChI is InChI=1S/C14H12ClNO2/c1-17-14-8-11(7-13(15)16-14)9-2-3-12-10(6-9)4-5-18-12/h2-3,6-8H,4-5H2,1H3. The van der Waals surface area contributed by atoms with Crippen LogP contribution in [0.25, 0.3) is 11.1 Å². The van der Waals surface area contributed by atoms with E-state index in [2.05, 4.69) is 11.1 Å². The molecule has 3 nitrogen and oxygen atoms in total. The summed E-state index contributed by atoms with van der Waals surface area (Å²) < 4.78 is 10.6. The second-order valence-electron chi connectivity index (χ2n) is 4.14. The molecule has 3 rings (SSSR count). The molecule has 1 aliphatic rings. The number of fused-ring (bicyclic) bond motifs is 1. The fourth-order valence-corrected chi connectivity index (χ4v) is 2.31. The van der Waals surface area contributed by atoms with Gasteiger partial charge in [0.05, 0.1) is 13.7 Å². The molecule has 2 aromatic rings. The van der Waals surface area contributed by atoms with Crippen LogP contribution in [0.3, 0.4) is 0 Å². The fourth-order valence-electron chi connectivity index (χ4n) is 2.11. The Hall–Kier alpha value is -1.74. The number of hydrogen-bond donors (Lipinski definition) is 0. The van der Waals surface area contributed by atoms with Gasteiger partial charge in [0.15, 0.2) is 0 Å². The van der Waals surface area contributed by atoms with Crippen molar-refractivity contribution in [3.8, 4) is 22.8 Å². The van der Waals surface area contributed by atoms with Gasteiger partial charge in [0.2, 0.25) is 5.88 Å². The van der Waals surface area contributed by atoms with E-state index in [1.807, 2.05) is 24.3 Å². The maximum Gasteiger partial charge on any atom is 0.214 e. The molecule has 1 aromatic heterocycles. The van der Waals surface area contributed by atoms with Crippen molar-refractivity contribution in [1.82, 2.24) is 4.98 Å². The summed E-state index contributed by atoms with van der Waals surface area (Å²) in [5.41, 5.74) is 3.34. The van der Waals surface area contributed by atoms with Crippen molar-refractivity contribution in [1.29, 1.82) is 0 Å². The van der Waals surface area contributed by atoms with Crippen molar-refractivity contribution in [2.24, 2.45) is 0 Å². The van der Waals surface area contributed by atoms with Crippen molar-refractivity contribution in [2.45, 2.75) is 6.42 Å². The van der Waals surface area contributed by atoms with Gasteiger partial charge in [0.1, 0.15) is 10.9 Å². The molecule has 1 aromatic carbocycles. The fraction of sp³-hybridized carbons (Fsp3) is 0.214. The van der Waals surface area contributed by atoms with Crippen LogP contribution in [0.1, 0.15) is 5.56 Å². The van der Waals surface area contributed by atoms with E-state index in [0.717, 1.165) is 29.9 Å². The first kappa shape index (κ1) is 11.4. The summed E-state index contributed by atoms with van der Waals surface area (Å²) in [4.78, 5) is 4.07. The smallest absolute Gasteiger partial charge is 0.214 e. The molecule has 18 heavy (non-hydrogen) atoms. The molecule has 4 heteroatoms. The normalized spacial score (nSPS) is 13.0. The quantitative estimate of drug-likeness (QED) is 0.777. The van der Waals surface area contributed by atoms with Gasteiger partial charge in [-0.25, -0.2) is 4.98 Å². The largest absolute Gasteiger partial charge is 0.493 e. The molecule has 0 radical (unpaired) electrons. The SMILES string of the molecule is COc1cc(-c2ccc3c(c2)CCO3)cc(Cl)n1. The molecule has 2 heterocycles. The molecule has 0 N–H and O–H groups in total. The van der Waals surface area contributed by atoms with Crippen molar-refractivity contribution in [2.75, 3.05) is 13.7 Å². The molecule has 0 saturated carbocycles. The predicted molar refractivity (Wildman–Crippen MR) is 70.4 cm³/mol. The molecule has 0 atom stereocenters. The van der Waals surface area contributed by atoms with E-state index < -0.39 is 0 Å². The maximum atomic E-state index is 5.98. The number of ether oxygens (including phenoxy) is 2. The van der Waals surface area contributed by atoms with Crippen molar-refractivity contribution < 1.29 is 9.47 Å². The molecule has 0 bridgehead atoms. The lowest BCUT2D eigenvalue weighted by atomic mass is 10.0. The predicted octanol–water partition coefficient (Wildman–Crippen LogP) is 3.35. The van der Waals surface area contributed by atoms with Gasteiger partial charge in [-0.15, -0.1) is 0 Å². The van der Waals surface area contributed by atoms with E-state index >= 15 is 0 Å². The van der Waals surface area contributed by atoms with Gasteiger partial charge in [-0.1, -0.05) is 17.7 Å². The zero-order valence-corrected chi connectivity index (χ0v) is 10.7. The number of rotatable bonds is 2. The van der Waals surface area contributed by atoms with Crippen molar-refractivity contribution in [3.05, 3.63) is 41.0 Å². The number of halogens is 1. The molecule has 0 fully saturated rings. The summed E-state index contributed by atoms with van der Waals surface area (Å²) in [6.07, 6.45) is 0.957. The minimum atomic E-state index is 0.432. The average Bonchev–Trinajstić information content (AvgIpc) is 2.85. The highest BCUT2D eigenvalue weighted by molar-refractivity contribution is 6.29. The number of nitrogens with zero attached hydrogens (tertiary/aromatic N) is 1. The number of pyridine rings is 1. The third kappa shape index (κ3) is 2.02. The highest BCUT2D eigenvalue weighted by atomic mass is 35.5. The first-order valence-electron chi connectivity index (χ1n) is 5.74. The zero-order valence-electron chi connectivity index (χ0n) is 9.94. The summed E-state index contributed by atoms with van der Waals surface area (Å²) in [6.45, 7) is 0.763. The van der Waals surface area contributed by atoms with Gasteiger partial charge in [-0.3, -0.25) is 0 Å². The van der Waals surface area contributed by atoms with Gasteiger partial charge in [-0.2, -0.15) is 0 Å². The lowest BCUT2D eigenvalue weighted by Gasteiger charge is -2.07. The summed E-state index contributed by atoms with van der Waals surface area (Å²) >= 11 is 5.98. The van der Waals surface area contributed by atoms with Crippen molar-refractivity contribution >= 4 is 11.6 Å². The number of methoxy groups -OCH3 is 1. The van der Waals surface area contributed by atoms with E-state index in [1.165, 1.54) is 5.56 Å². The molecule has 1 aliphatic heterocycles. The van der Waals surface area contributed by atoms with Gasteiger partial charge < -0.3 is 9.47 Å². The minimum Gasteiger partial charge on any atom is -0.493 e. The van der Waals surface area contributed by atoms with Crippen LogP contribution in [0.2, 0.25) is 5.15 Å².